The second kappa shape index (κ2) is 4.11. The molecule has 2 N–H and O–H groups in total. The van der Waals surface area contributed by atoms with Crippen LogP contribution >= 0.6 is 0 Å². The van der Waals surface area contributed by atoms with Crippen LogP contribution in [0.2, 0.25) is 0 Å². The Morgan fingerprint density at radius 1 is 2.00 bits per heavy atom. The van der Waals surface area contributed by atoms with Crippen LogP contribution in [0.3, 0.4) is 0 Å². The lowest BCUT2D eigenvalue weighted by atomic mass is 10.7. The Hall–Kier alpha value is -1.06. The van der Waals surface area contributed by atoms with Crippen molar-refractivity contribution in [2.75, 3.05) is 6.61 Å². The van der Waals surface area contributed by atoms with Crippen molar-refractivity contribution >= 4 is 12.2 Å². The third-order valence-electron chi connectivity index (χ3n) is 0.467. The van der Waals surface area contributed by atoms with Crippen molar-refractivity contribution in [3.8, 4) is 0 Å². The molecule has 0 heterocycles. The van der Waals surface area contributed by atoms with Crippen LogP contribution in [-0.2, 0) is 9.53 Å². The van der Waals surface area contributed by atoms with Crippen LogP contribution in [0, 0.1) is 0 Å². The molecule has 0 aromatic carbocycles. The summed E-state index contributed by atoms with van der Waals surface area (Å²) in [6.45, 7) is 2.06. The number of hydrogen-bond donors (Lipinski definition) is 1. The monoisotopic (exact) mass is 116 g/mol. The lowest BCUT2D eigenvalue weighted by Crippen LogP contribution is -2.05. The number of ether oxygens (including phenoxy) is 1. The van der Waals surface area contributed by atoms with Crippen LogP contribution in [0.15, 0.2) is 5.10 Å². The summed E-state index contributed by atoms with van der Waals surface area (Å²) in [5, 5.41) is 2.95. The van der Waals surface area contributed by atoms with Gasteiger partial charge in [-0.2, -0.15) is 5.10 Å². The number of carbonyl (C=O) groups excluding carboxylic acids is 1. The zero-order valence-corrected chi connectivity index (χ0v) is 4.63. The number of carbonyl (C=O) groups is 1. The summed E-state index contributed by atoms with van der Waals surface area (Å²) >= 11 is 0. The van der Waals surface area contributed by atoms with Crippen LogP contribution in [0.4, 0.5) is 0 Å². The minimum Gasteiger partial charge on any atom is -0.462 e. The first-order valence-corrected chi connectivity index (χ1v) is 2.21. The predicted octanol–water partition coefficient (Wildman–Crippen LogP) is -0.506. The van der Waals surface area contributed by atoms with Gasteiger partial charge >= 0.3 is 5.97 Å². The number of esters is 1. The zero-order valence-electron chi connectivity index (χ0n) is 4.63. The Morgan fingerprint density at radius 3 is 3.00 bits per heavy atom. The van der Waals surface area contributed by atoms with Crippen LogP contribution in [0.5, 0.6) is 0 Å². The maximum atomic E-state index is 10.2. The second-order valence-electron chi connectivity index (χ2n) is 1.03. The summed E-state index contributed by atoms with van der Waals surface area (Å²) in [6.07, 6.45) is 0.920. The third-order valence-corrected chi connectivity index (χ3v) is 0.467. The van der Waals surface area contributed by atoms with E-state index in [1.807, 2.05) is 0 Å². The maximum Gasteiger partial charge on any atom is 0.351 e. The van der Waals surface area contributed by atoms with E-state index in [0.29, 0.717) is 6.61 Å². The van der Waals surface area contributed by atoms with Crippen LogP contribution in [0.25, 0.3) is 0 Å². The number of nitrogens with two attached hydrogens (primary N) is 1. The summed E-state index contributed by atoms with van der Waals surface area (Å²) < 4.78 is 4.41. The molecule has 0 aromatic rings. The summed E-state index contributed by atoms with van der Waals surface area (Å²) in [4.78, 5) is 10.2. The Balaban J connectivity index is 3.33. The average Bonchev–Trinajstić information content (AvgIpc) is 1.68. The van der Waals surface area contributed by atoms with Gasteiger partial charge in [-0.15, -0.1) is 0 Å². The zero-order chi connectivity index (χ0) is 6.41. The highest BCUT2D eigenvalue weighted by atomic mass is 16.5. The molecule has 0 unspecified atom stereocenters. The van der Waals surface area contributed by atoms with Gasteiger partial charge in [0.05, 0.1) is 6.61 Å². The Labute approximate surface area is 47.3 Å². The fourth-order valence-electron chi connectivity index (χ4n) is 0.240. The van der Waals surface area contributed by atoms with E-state index in [1.54, 1.807) is 6.92 Å². The predicted molar refractivity (Wildman–Crippen MR) is 29.3 cm³/mol. The van der Waals surface area contributed by atoms with Crippen molar-refractivity contribution in [1.29, 1.82) is 0 Å². The molecule has 46 valence electrons. The molecule has 4 nitrogen and oxygen atoms in total. The van der Waals surface area contributed by atoms with Gasteiger partial charge in [0, 0.05) is 0 Å². The molecule has 0 aliphatic heterocycles. The van der Waals surface area contributed by atoms with Crippen molar-refractivity contribution < 1.29 is 9.53 Å². The van der Waals surface area contributed by atoms with E-state index in [2.05, 4.69) is 15.7 Å². The largest absolute Gasteiger partial charge is 0.462 e. The van der Waals surface area contributed by atoms with E-state index in [1.165, 1.54) is 0 Å². The molecule has 0 amide bonds. The van der Waals surface area contributed by atoms with Gasteiger partial charge < -0.3 is 10.6 Å². The van der Waals surface area contributed by atoms with Crippen molar-refractivity contribution in [3.63, 3.8) is 0 Å². The molecule has 4 heteroatoms. The molecule has 0 atom stereocenters. The summed E-state index contributed by atoms with van der Waals surface area (Å²) in [7, 11) is 0. The molecular weight excluding hydrogens is 108 g/mol. The normalized spacial score (nSPS) is 9.62. The fourth-order valence-corrected chi connectivity index (χ4v) is 0.240. The van der Waals surface area contributed by atoms with Crippen molar-refractivity contribution in [1.82, 2.24) is 0 Å². The minimum absolute atomic E-state index is 0.352. The van der Waals surface area contributed by atoms with E-state index in [0.717, 1.165) is 6.21 Å². The Bertz CT molecular complexity index is 100. The van der Waals surface area contributed by atoms with Crippen molar-refractivity contribution in [3.05, 3.63) is 0 Å². The molecule has 0 aromatic heterocycles. The highest BCUT2D eigenvalue weighted by molar-refractivity contribution is 6.22. The molecule has 0 rings (SSSR count). The molecular formula is C4H8N2O2. The van der Waals surface area contributed by atoms with E-state index in [9.17, 15) is 4.79 Å². The van der Waals surface area contributed by atoms with E-state index < -0.39 is 5.97 Å². The average molecular weight is 116 g/mol. The van der Waals surface area contributed by atoms with Crippen molar-refractivity contribution in [2.24, 2.45) is 10.9 Å². The quantitative estimate of drug-likeness (QED) is 0.229. The number of hydrogen-bond acceptors (Lipinski definition) is 4. The highest BCUT2D eigenvalue weighted by Crippen LogP contribution is 1.69. The third kappa shape index (κ3) is 3.14. The first-order valence-electron chi connectivity index (χ1n) is 2.21. The standard InChI is InChI=1S/C4H8N2O2/c1-2-8-4(7)3-6-5/h3H,2,5H2,1H3. The first-order chi connectivity index (χ1) is 3.81. The molecule has 0 radical (unpaired) electrons. The van der Waals surface area contributed by atoms with Gasteiger partial charge in [0.15, 0.2) is 0 Å². The summed E-state index contributed by atoms with van der Waals surface area (Å²) in [5.41, 5.74) is 0. The van der Waals surface area contributed by atoms with E-state index in [4.69, 9.17) is 0 Å². The van der Waals surface area contributed by atoms with Crippen LogP contribution in [0.1, 0.15) is 6.92 Å². The molecule has 0 aliphatic carbocycles. The molecule has 0 saturated carbocycles. The Kier molecular flexibility index (Phi) is 3.56. The fraction of sp³-hybridized carbons (Fsp3) is 0.500. The number of hydrazone groups is 1. The first kappa shape index (κ1) is 6.94. The minimum atomic E-state index is -0.505. The van der Waals surface area contributed by atoms with E-state index in [-0.39, 0.29) is 0 Å². The molecule has 8 heavy (non-hydrogen) atoms. The van der Waals surface area contributed by atoms with Gasteiger partial charge in [0.25, 0.3) is 0 Å². The topological polar surface area (TPSA) is 64.7 Å². The Morgan fingerprint density at radius 2 is 2.62 bits per heavy atom. The van der Waals surface area contributed by atoms with Gasteiger partial charge in [-0.05, 0) is 6.92 Å². The number of rotatable bonds is 2. The maximum absolute atomic E-state index is 10.2. The molecule has 0 fully saturated rings. The lowest BCUT2D eigenvalue weighted by Gasteiger charge is -1.90. The van der Waals surface area contributed by atoms with Gasteiger partial charge in [0.1, 0.15) is 6.21 Å². The van der Waals surface area contributed by atoms with Crippen molar-refractivity contribution in [2.45, 2.75) is 6.92 Å². The van der Waals surface area contributed by atoms with Crippen LogP contribution in [-0.4, -0.2) is 18.8 Å². The van der Waals surface area contributed by atoms with Gasteiger partial charge in [-0.25, -0.2) is 4.79 Å². The van der Waals surface area contributed by atoms with Crippen LogP contribution < -0.4 is 5.84 Å². The number of nitrogens with zero attached hydrogens (tertiary/aromatic N) is 1. The molecule has 0 bridgehead atoms. The summed E-state index contributed by atoms with van der Waals surface area (Å²) in [5.74, 6) is 4.12. The second-order valence-corrected chi connectivity index (χ2v) is 1.03. The smallest absolute Gasteiger partial charge is 0.351 e. The van der Waals surface area contributed by atoms with E-state index >= 15 is 0 Å². The van der Waals surface area contributed by atoms with Gasteiger partial charge in [-0.3, -0.25) is 0 Å². The SMILES string of the molecule is CCOC(=O)C=NN. The lowest BCUT2D eigenvalue weighted by molar-refractivity contribution is -0.134. The molecule has 0 aliphatic rings. The molecule has 0 saturated heterocycles. The molecule has 0 spiro atoms. The highest BCUT2D eigenvalue weighted by Gasteiger charge is 1.90. The summed E-state index contributed by atoms with van der Waals surface area (Å²) in [6, 6.07) is 0. The van der Waals surface area contributed by atoms with Gasteiger partial charge in [-0.1, -0.05) is 0 Å². The van der Waals surface area contributed by atoms with Gasteiger partial charge in [0.2, 0.25) is 0 Å².